The molecule has 0 aliphatic rings. The van der Waals surface area contributed by atoms with E-state index in [4.69, 9.17) is 5.73 Å². The molecule has 2 unspecified atom stereocenters. The molecule has 0 aromatic heterocycles. The van der Waals surface area contributed by atoms with E-state index in [0.717, 1.165) is 5.56 Å². The van der Waals surface area contributed by atoms with Crippen molar-refractivity contribution in [2.75, 3.05) is 0 Å². The molecule has 2 N–H and O–H groups in total. The van der Waals surface area contributed by atoms with E-state index in [-0.39, 0.29) is 21.9 Å². The first-order chi connectivity index (χ1) is 9.59. The number of nitrogens with two attached hydrogens (primary N) is 1. The number of thioether (sulfide) groups is 1. The van der Waals surface area contributed by atoms with Gasteiger partial charge in [-0.25, -0.2) is 0 Å². The monoisotopic (exact) mass is 288 g/mol. The standard InChI is InChI=1S/C15H16N2O2S/c1-11(15(16)12-7-3-2-4-8-12)20-14-10-6-5-9-13(14)17(18)19/h2-11,15H,16H2,1H3. The topological polar surface area (TPSA) is 69.2 Å². The van der Waals surface area contributed by atoms with E-state index in [1.54, 1.807) is 18.2 Å². The van der Waals surface area contributed by atoms with Gasteiger partial charge in [-0.2, -0.15) is 0 Å². The number of benzene rings is 2. The van der Waals surface area contributed by atoms with Gasteiger partial charge in [-0.1, -0.05) is 49.4 Å². The zero-order valence-corrected chi connectivity index (χ0v) is 11.9. The lowest BCUT2D eigenvalue weighted by atomic mass is 10.1. The van der Waals surface area contributed by atoms with Gasteiger partial charge in [0, 0.05) is 17.4 Å². The number of hydrogen-bond donors (Lipinski definition) is 1. The Balaban J connectivity index is 2.16. The fourth-order valence-electron chi connectivity index (χ4n) is 1.93. The number of nitrogens with zero attached hydrogens (tertiary/aromatic N) is 1. The second-order valence-electron chi connectivity index (χ2n) is 4.48. The summed E-state index contributed by atoms with van der Waals surface area (Å²) in [6, 6.07) is 16.4. The van der Waals surface area contributed by atoms with E-state index in [2.05, 4.69) is 0 Å². The largest absolute Gasteiger partial charge is 0.323 e. The molecule has 0 saturated carbocycles. The molecule has 2 rings (SSSR count). The molecule has 0 bridgehead atoms. The van der Waals surface area contributed by atoms with Crippen molar-refractivity contribution in [3.63, 3.8) is 0 Å². The van der Waals surface area contributed by atoms with Crippen molar-refractivity contribution in [3.8, 4) is 0 Å². The molecule has 0 heterocycles. The van der Waals surface area contributed by atoms with Crippen molar-refractivity contribution in [1.82, 2.24) is 0 Å². The minimum absolute atomic E-state index is 0.0403. The second-order valence-corrected chi connectivity index (χ2v) is 5.90. The maximum atomic E-state index is 11.0. The van der Waals surface area contributed by atoms with E-state index < -0.39 is 0 Å². The van der Waals surface area contributed by atoms with Crippen LogP contribution in [0.5, 0.6) is 0 Å². The zero-order chi connectivity index (χ0) is 14.5. The lowest BCUT2D eigenvalue weighted by Crippen LogP contribution is -2.21. The summed E-state index contributed by atoms with van der Waals surface area (Å²) in [6.07, 6.45) is 0. The molecule has 0 spiro atoms. The summed E-state index contributed by atoms with van der Waals surface area (Å²) >= 11 is 1.43. The van der Waals surface area contributed by atoms with Gasteiger partial charge in [0.1, 0.15) is 0 Å². The fraction of sp³-hybridized carbons (Fsp3) is 0.200. The minimum atomic E-state index is -0.358. The van der Waals surface area contributed by atoms with Crippen LogP contribution in [0.2, 0.25) is 0 Å². The zero-order valence-electron chi connectivity index (χ0n) is 11.1. The Morgan fingerprint density at radius 3 is 2.35 bits per heavy atom. The third-order valence-corrected chi connectivity index (χ3v) is 4.33. The quantitative estimate of drug-likeness (QED) is 0.516. The molecule has 4 nitrogen and oxygen atoms in total. The molecule has 2 aromatic carbocycles. The van der Waals surface area contributed by atoms with Crippen LogP contribution in [0.15, 0.2) is 59.5 Å². The molecule has 20 heavy (non-hydrogen) atoms. The van der Waals surface area contributed by atoms with Crippen LogP contribution < -0.4 is 5.73 Å². The molecular formula is C15H16N2O2S. The molecule has 0 fully saturated rings. The second kappa shape index (κ2) is 6.54. The van der Waals surface area contributed by atoms with Gasteiger partial charge in [0.25, 0.3) is 5.69 Å². The Bertz CT molecular complexity index is 589. The van der Waals surface area contributed by atoms with Crippen LogP contribution >= 0.6 is 11.8 Å². The molecule has 0 radical (unpaired) electrons. The maximum absolute atomic E-state index is 11.0. The summed E-state index contributed by atoms with van der Waals surface area (Å²) in [4.78, 5) is 11.3. The summed E-state index contributed by atoms with van der Waals surface area (Å²) in [5.74, 6) is 0. The van der Waals surface area contributed by atoms with E-state index in [1.807, 2.05) is 37.3 Å². The number of para-hydroxylation sites is 1. The summed E-state index contributed by atoms with van der Waals surface area (Å²) in [5.41, 5.74) is 7.38. The smallest absolute Gasteiger partial charge is 0.282 e. The molecule has 0 saturated heterocycles. The minimum Gasteiger partial charge on any atom is -0.323 e. The van der Waals surface area contributed by atoms with Gasteiger partial charge in [0.05, 0.1) is 9.82 Å². The van der Waals surface area contributed by atoms with E-state index in [1.165, 1.54) is 17.8 Å². The summed E-state index contributed by atoms with van der Waals surface area (Å²) in [6.45, 7) is 1.99. The SMILES string of the molecule is CC(Sc1ccccc1[N+](=O)[O-])C(N)c1ccccc1. The highest BCUT2D eigenvalue weighted by molar-refractivity contribution is 8.00. The third-order valence-electron chi connectivity index (χ3n) is 3.07. The lowest BCUT2D eigenvalue weighted by Gasteiger charge is -2.19. The Morgan fingerprint density at radius 2 is 1.70 bits per heavy atom. The highest BCUT2D eigenvalue weighted by Gasteiger charge is 2.20. The molecule has 0 amide bonds. The lowest BCUT2D eigenvalue weighted by molar-refractivity contribution is -0.387. The Kier molecular flexibility index (Phi) is 4.76. The number of nitro groups is 1. The van der Waals surface area contributed by atoms with Crippen LogP contribution in [0.4, 0.5) is 5.69 Å². The molecular weight excluding hydrogens is 272 g/mol. The van der Waals surface area contributed by atoms with E-state index in [9.17, 15) is 10.1 Å². The Labute approximate surface area is 122 Å². The van der Waals surface area contributed by atoms with E-state index >= 15 is 0 Å². The molecule has 0 aliphatic heterocycles. The van der Waals surface area contributed by atoms with Crippen molar-refractivity contribution in [2.24, 2.45) is 5.73 Å². The number of hydrogen-bond acceptors (Lipinski definition) is 4. The highest BCUT2D eigenvalue weighted by Crippen LogP contribution is 2.35. The first-order valence-corrected chi connectivity index (χ1v) is 7.18. The van der Waals surface area contributed by atoms with Crippen LogP contribution in [-0.4, -0.2) is 10.2 Å². The summed E-state index contributed by atoms with van der Waals surface area (Å²) in [7, 11) is 0. The third kappa shape index (κ3) is 3.37. The fourth-order valence-corrected chi connectivity index (χ4v) is 3.05. The summed E-state index contributed by atoms with van der Waals surface area (Å²) in [5, 5.41) is 11.0. The molecule has 0 aliphatic carbocycles. The predicted octanol–water partition coefficient (Wildman–Crippen LogP) is 3.78. The Morgan fingerprint density at radius 1 is 1.10 bits per heavy atom. The maximum Gasteiger partial charge on any atom is 0.282 e. The number of nitro benzene ring substituents is 1. The molecule has 5 heteroatoms. The van der Waals surface area contributed by atoms with Crippen molar-refractivity contribution >= 4 is 17.4 Å². The van der Waals surface area contributed by atoms with Crippen molar-refractivity contribution in [3.05, 3.63) is 70.3 Å². The van der Waals surface area contributed by atoms with E-state index in [0.29, 0.717) is 4.90 Å². The average molecular weight is 288 g/mol. The first kappa shape index (κ1) is 14.6. The van der Waals surface area contributed by atoms with Gasteiger partial charge in [-0.15, -0.1) is 11.8 Å². The van der Waals surface area contributed by atoms with Gasteiger partial charge >= 0.3 is 0 Å². The average Bonchev–Trinajstić information content (AvgIpc) is 2.47. The number of rotatable bonds is 5. The van der Waals surface area contributed by atoms with Crippen molar-refractivity contribution < 1.29 is 4.92 Å². The van der Waals surface area contributed by atoms with Gasteiger partial charge < -0.3 is 5.73 Å². The van der Waals surface area contributed by atoms with Gasteiger partial charge in [0.15, 0.2) is 0 Å². The van der Waals surface area contributed by atoms with Crippen LogP contribution in [0.3, 0.4) is 0 Å². The normalized spacial score (nSPS) is 13.7. The van der Waals surface area contributed by atoms with Gasteiger partial charge in [-0.05, 0) is 11.6 Å². The van der Waals surface area contributed by atoms with Crippen LogP contribution in [0.25, 0.3) is 0 Å². The van der Waals surface area contributed by atoms with Crippen LogP contribution in [0.1, 0.15) is 18.5 Å². The predicted molar refractivity (Wildman–Crippen MR) is 81.8 cm³/mol. The van der Waals surface area contributed by atoms with Crippen LogP contribution in [0, 0.1) is 10.1 Å². The first-order valence-electron chi connectivity index (χ1n) is 6.30. The highest BCUT2D eigenvalue weighted by atomic mass is 32.2. The Hall–Kier alpha value is -1.85. The molecule has 2 atom stereocenters. The van der Waals surface area contributed by atoms with Crippen molar-refractivity contribution in [1.29, 1.82) is 0 Å². The van der Waals surface area contributed by atoms with Crippen LogP contribution in [-0.2, 0) is 0 Å². The molecule has 104 valence electrons. The van der Waals surface area contributed by atoms with Crippen molar-refractivity contribution in [2.45, 2.75) is 23.1 Å². The summed E-state index contributed by atoms with van der Waals surface area (Å²) < 4.78 is 0. The molecule has 2 aromatic rings. The van der Waals surface area contributed by atoms with Gasteiger partial charge in [0.2, 0.25) is 0 Å². The van der Waals surface area contributed by atoms with Gasteiger partial charge in [-0.3, -0.25) is 10.1 Å².